The monoisotopic (exact) mass is 302 g/mol. The Bertz CT molecular complexity index is 634. The molecule has 22 heavy (non-hydrogen) atoms. The van der Waals surface area contributed by atoms with Crippen LogP contribution in [0.2, 0.25) is 0 Å². The van der Waals surface area contributed by atoms with E-state index in [-0.39, 0.29) is 17.6 Å². The summed E-state index contributed by atoms with van der Waals surface area (Å²) in [5.41, 5.74) is 1.97. The summed E-state index contributed by atoms with van der Waals surface area (Å²) in [6.45, 7) is 7.56. The zero-order valence-corrected chi connectivity index (χ0v) is 13.1. The van der Waals surface area contributed by atoms with Gasteiger partial charge in [0.05, 0.1) is 5.56 Å². The van der Waals surface area contributed by atoms with Gasteiger partial charge in [-0.25, -0.2) is 0 Å². The topological polar surface area (TPSA) is 59.1 Å². The number of phenolic OH excluding ortho intramolecular Hbond substituents is 1. The molecule has 1 heterocycles. The third-order valence-electron chi connectivity index (χ3n) is 4.50. The Balaban J connectivity index is 1.95. The number of hydrogen-bond donors (Lipinski definition) is 1. The van der Waals surface area contributed by atoms with Gasteiger partial charge in [0.2, 0.25) is 0 Å². The van der Waals surface area contributed by atoms with Gasteiger partial charge in [0.1, 0.15) is 17.6 Å². The lowest BCUT2D eigenvalue weighted by Gasteiger charge is -2.23. The van der Waals surface area contributed by atoms with Crippen LogP contribution in [0.5, 0.6) is 11.5 Å². The second-order valence-corrected chi connectivity index (χ2v) is 6.12. The van der Waals surface area contributed by atoms with Crippen molar-refractivity contribution in [1.82, 2.24) is 0 Å². The molecule has 2 unspecified atom stereocenters. The van der Waals surface area contributed by atoms with E-state index in [1.54, 1.807) is 12.1 Å². The molecule has 2 aliphatic rings. The summed E-state index contributed by atoms with van der Waals surface area (Å²) in [4.78, 5) is 11.6. The Morgan fingerprint density at radius 2 is 2.32 bits per heavy atom. The molecule has 0 spiro atoms. The highest BCUT2D eigenvalue weighted by Gasteiger charge is 2.63. The van der Waals surface area contributed by atoms with Gasteiger partial charge in [0.25, 0.3) is 5.79 Å². The zero-order valence-electron chi connectivity index (χ0n) is 13.1. The van der Waals surface area contributed by atoms with E-state index in [1.165, 1.54) is 6.92 Å². The molecule has 1 aliphatic heterocycles. The number of Topliss-reactive ketones (excluding diaryl/α,β-unsaturated/α-hetero) is 1. The molecule has 0 amide bonds. The molecule has 2 atom stereocenters. The number of hydrogen-bond acceptors (Lipinski definition) is 4. The van der Waals surface area contributed by atoms with Crippen LogP contribution in [0.25, 0.3) is 0 Å². The summed E-state index contributed by atoms with van der Waals surface area (Å²) in [5.74, 6) is -0.246. The van der Waals surface area contributed by atoms with Gasteiger partial charge >= 0.3 is 0 Å². The number of carbonyl (C=O) groups is 1. The summed E-state index contributed by atoms with van der Waals surface area (Å²) < 4.78 is 11.9. The van der Waals surface area contributed by atoms with Crippen LogP contribution in [-0.4, -0.2) is 22.8 Å². The van der Waals surface area contributed by atoms with Gasteiger partial charge in [-0.1, -0.05) is 19.9 Å². The maximum Gasteiger partial charge on any atom is 0.260 e. The van der Waals surface area contributed by atoms with Crippen LogP contribution in [-0.2, 0) is 11.2 Å². The SMILES string of the molecule is C=C1CCCC2OC12Oc1ccc(C(C)=O)c(O)c1CCC. The molecule has 4 heteroatoms. The number of phenols is 1. The number of benzene rings is 1. The van der Waals surface area contributed by atoms with Crippen molar-refractivity contribution in [3.63, 3.8) is 0 Å². The summed E-state index contributed by atoms with van der Waals surface area (Å²) in [6.07, 6.45) is 4.51. The Labute approximate surface area is 130 Å². The second kappa shape index (κ2) is 5.43. The smallest absolute Gasteiger partial charge is 0.260 e. The molecular weight excluding hydrogens is 280 g/mol. The third-order valence-corrected chi connectivity index (χ3v) is 4.50. The van der Waals surface area contributed by atoms with E-state index >= 15 is 0 Å². The molecule has 1 saturated carbocycles. The van der Waals surface area contributed by atoms with Crippen molar-refractivity contribution in [1.29, 1.82) is 0 Å². The Morgan fingerprint density at radius 3 is 2.95 bits per heavy atom. The molecule has 0 bridgehead atoms. The van der Waals surface area contributed by atoms with Crippen LogP contribution in [0.4, 0.5) is 0 Å². The molecule has 0 aromatic heterocycles. The van der Waals surface area contributed by atoms with Gasteiger partial charge < -0.3 is 14.6 Å². The molecule has 3 rings (SSSR count). The molecule has 4 nitrogen and oxygen atoms in total. The van der Waals surface area contributed by atoms with Crippen molar-refractivity contribution < 1.29 is 19.4 Å². The number of ether oxygens (including phenoxy) is 2. The predicted octanol–water partition coefficient (Wildman–Crippen LogP) is 3.76. The standard InChI is InChI=1S/C18H22O4/c1-4-6-14-15(10-9-13(12(3)19)17(14)20)21-18-11(2)7-5-8-16(18)22-18/h9-10,16,20H,2,4-8H2,1,3H3. The average Bonchev–Trinajstić information content (AvgIpc) is 3.18. The van der Waals surface area contributed by atoms with E-state index in [0.29, 0.717) is 23.3 Å². The number of ketones is 1. The fraction of sp³-hybridized carbons (Fsp3) is 0.500. The van der Waals surface area contributed by atoms with E-state index in [2.05, 4.69) is 6.58 Å². The van der Waals surface area contributed by atoms with Gasteiger partial charge in [0, 0.05) is 5.56 Å². The number of rotatable bonds is 5. The third kappa shape index (κ3) is 2.31. The lowest BCUT2D eigenvalue weighted by Crippen LogP contribution is -2.29. The molecule has 2 fully saturated rings. The fourth-order valence-electron chi connectivity index (χ4n) is 3.23. The minimum Gasteiger partial charge on any atom is -0.507 e. The van der Waals surface area contributed by atoms with Crippen molar-refractivity contribution >= 4 is 5.78 Å². The van der Waals surface area contributed by atoms with Gasteiger partial charge in [-0.3, -0.25) is 4.79 Å². The van der Waals surface area contributed by atoms with Crippen molar-refractivity contribution in [2.24, 2.45) is 0 Å². The fourth-order valence-corrected chi connectivity index (χ4v) is 3.23. The first kappa shape index (κ1) is 15.1. The second-order valence-electron chi connectivity index (χ2n) is 6.12. The predicted molar refractivity (Wildman–Crippen MR) is 83.3 cm³/mol. The molecule has 1 aromatic carbocycles. The normalized spacial score (nSPS) is 26.5. The van der Waals surface area contributed by atoms with Gasteiger partial charge in [-0.2, -0.15) is 0 Å². The van der Waals surface area contributed by atoms with E-state index in [9.17, 15) is 9.90 Å². The zero-order chi connectivity index (χ0) is 15.9. The van der Waals surface area contributed by atoms with Crippen LogP contribution in [0.1, 0.15) is 55.5 Å². The maximum atomic E-state index is 11.6. The van der Waals surface area contributed by atoms with Crippen molar-refractivity contribution in [3.8, 4) is 11.5 Å². The highest BCUT2D eigenvalue weighted by atomic mass is 16.8. The number of carbonyl (C=O) groups excluding carboxylic acids is 1. The Hall–Kier alpha value is -1.81. The summed E-state index contributed by atoms with van der Waals surface area (Å²) >= 11 is 0. The van der Waals surface area contributed by atoms with Crippen LogP contribution < -0.4 is 4.74 Å². The van der Waals surface area contributed by atoms with Gasteiger partial charge in [-0.15, -0.1) is 0 Å². The first-order valence-electron chi connectivity index (χ1n) is 7.90. The lowest BCUT2D eigenvalue weighted by atomic mass is 9.93. The quantitative estimate of drug-likeness (QED) is 0.511. The van der Waals surface area contributed by atoms with Crippen LogP contribution >= 0.6 is 0 Å². The number of fused-ring (bicyclic) bond motifs is 1. The van der Waals surface area contributed by atoms with E-state index in [1.807, 2.05) is 6.92 Å². The van der Waals surface area contributed by atoms with Crippen molar-refractivity contribution in [3.05, 3.63) is 35.4 Å². The number of aromatic hydroxyl groups is 1. The highest BCUT2D eigenvalue weighted by Crippen LogP contribution is 2.52. The number of epoxide rings is 1. The van der Waals surface area contributed by atoms with Crippen molar-refractivity contribution in [2.75, 3.05) is 0 Å². The lowest BCUT2D eigenvalue weighted by molar-refractivity contribution is 0.0914. The first-order chi connectivity index (χ1) is 10.5. The molecule has 1 aliphatic carbocycles. The largest absolute Gasteiger partial charge is 0.507 e. The van der Waals surface area contributed by atoms with Crippen LogP contribution in [0.15, 0.2) is 24.3 Å². The van der Waals surface area contributed by atoms with Gasteiger partial charge in [-0.05, 0) is 50.3 Å². The Morgan fingerprint density at radius 1 is 1.55 bits per heavy atom. The molecule has 1 N–H and O–H groups in total. The first-order valence-corrected chi connectivity index (χ1v) is 7.90. The van der Waals surface area contributed by atoms with Crippen LogP contribution in [0, 0.1) is 0 Å². The van der Waals surface area contributed by atoms with E-state index in [4.69, 9.17) is 9.47 Å². The molecule has 1 saturated heterocycles. The Kier molecular flexibility index (Phi) is 3.73. The molecule has 1 aromatic rings. The van der Waals surface area contributed by atoms with E-state index < -0.39 is 5.79 Å². The summed E-state index contributed by atoms with van der Waals surface area (Å²) in [6, 6.07) is 3.38. The summed E-state index contributed by atoms with van der Waals surface area (Å²) in [5, 5.41) is 10.4. The van der Waals surface area contributed by atoms with E-state index in [0.717, 1.165) is 31.3 Å². The minimum atomic E-state index is -0.717. The minimum absolute atomic E-state index is 0.0295. The van der Waals surface area contributed by atoms with Crippen LogP contribution in [0.3, 0.4) is 0 Å². The molecule has 118 valence electrons. The van der Waals surface area contributed by atoms with Crippen molar-refractivity contribution in [2.45, 2.75) is 57.8 Å². The van der Waals surface area contributed by atoms with Gasteiger partial charge in [0.15, 0.2) is 5.78 Å². The maximum absolute atomic E-state index is 11.6. The molecular formula is C18H22O4. The summed E-state index contributed by atoms with van der Waals surface area (Å²) in [7, 11) is 0. The molecule has 0 radical (unpaired) electrons. The average molecular weight is 302 g/mol. The highest BCUT2D eigenvalue weighted by molar-refractivity contribution is 5.97.